The number of ether oxygens (including phenoxy) is 2. The molecule has 0 saturated carbocycles. The van der Waals surface area contributed by atoms with E-state index < -0.39 is 4.92 Å². The number of hydrogen-bond donors (Lipinski definition) is 0. The van der Waals surface area contributed by atoms with Gasteiger partial charge in [0.1, 0.15) is 6.61 Å². The highest BCUT2D eigenvalue weighted by molar-refractivity contribution is 14.1. The van der Waals surface area contributed by atoms with Gasteiger partial charge in [0.2, 0.25) is 0 Å². The lowest BCUT2D eigenvalue weighted by Gasteiger charge is -2.15. The summed E-state index contributed by atoms with van der Waals surface area (Å²) in [5.74, 6) is 1.17. The molecule has 7 heteroatoms. The summed E-state index contributed by atoms with van der Waals surface area (Å²) in [5.41, 5.74) is 3.07. The Balaban J connectivity index is 1.87. The van der Waals surface area contributed by atoms with Crippen LogP contribution in [0.1, 0.15) is 23.6 Å². The van der Waals surface area contributed by atoms with Gasteiger partial charge in [-0.3, -0.25) is 10.1 Å². The summed E-state index contributed by atoms with van der Waals surface area (Å²) in [6, 6.07) is 21.7. The maximum atomic E-state index is 10.8. The highest BCUT2D eigenvalue weighted by Gasteiger charge is 2.13. The molecular formula is C24H19IN2O4. The van der Waals surface area contributed by atoms with Crippen LogP contribution in [0.2, 0.25) is 0 Å². The van der Waals surface area contributed by atoms with E-state index in [1.54, 1.807) is 12.1 Å². The average Bonchev–Trinajstić information content (AvgIpc) is 2.78. The minimum Gasteiger partial charge on any atom is -0.490 e. The Morgan fingerprint density at radius 2 is 1.84 bits per heavy atom. The fraction of sp³-hybridized carbons (Fsp3) is 0.125. The minimum atomic E-state index is -0.433. The summed E-state index contributed by atoms with van der Waals surface area (Å²) in [6.45, 7) is 2.60. The van der Waals surface area contributed by atoms with Gasteiger partial charge in [-0.1, -0.05) is 30.3 Å². The standard InChI is InChI=1S/C24H19IN2O4/c1-2-30-23-14-18(12-20(15-26)19-6-4-3-5-7-19)13-22(25)24(23)31-16-17-8-10-21(11-9-17)27(28)29/h3-14H,2,16H2,1H3. The fourth-order valence-electron chi connectivity index (χ4n) is 2.91. The highest BCUT2D eigenvalue weighted by Crippen LogP contribution is 2.36. The lowest BCUT2D eigenvalue weighted by Crippen LogP contribution is -2.02. The van der Waals surface area contributed by atoms with Gasteiger partial charge in [-0.25, -0.2) is 0 Å². The van der Waals surface area contributed by atoms with Crippen LogP contribution in [0.3, 0.4) is 0 Å². The van der Waals surface area contributed by atoms with Gasteiger partial charge in [-0.2, -0.15) is 5.26 Å². The van der Waals surface area contributed by atoms with Crippen molar-refractivity contribution in [3.05, 3.63) is 97.1 Å². The first-order chi connectivity index (χ1) is 15.0. The van der Waals surface area contributed by atoms with Crippen molar-refractivity contribution in [3.63, 3.8) is 0 Å². The fourth-order valence-corrected chi connectivity index (χ4v) is 3.69. The zero-order chi connectivity index (χ0) is 22.2. The maximum absolute atomic E-state index is 10.8. The van der Waals surface area contributed by atoms with Crippen LogP contribution in [-0.2, 0) is 6.61 Å². The van der Waals surface area contributed by atoms with Crippen LogP contribution in [0.25, 0.3) is 11.6 Å². The van der Waals surface area contributed by atoms with Gasteiger partial charge in [0.25, 0.3) is 5.69 Å². The third kappa shape index (κ3) is 5.83. The first kappa shape index (κ1) is 22.3. The van der Waals surface area contributed by atoms with Crippen molar-refractivity contribution in [1.82, 2.24) is 0 Å². The smallest absolute Gasteiger partial charge is 0.269 e. The largest absolute Gasteiger partial charge is 0.490 e. The van der Waals surface area contributed by atoms with Gasteiger partial charge in [0, 0.05) is 12.1 Å². The van der Waals surface area contributed by atoms with Crippen LogP contribution in [0.5, 0.6) is 11.5 Å². The van der Waals surface area contributed by atoms with Crippen molar-refractivity contribution >= 4 is 39.9 Å². The van der Waals surface area contributed by atoms with Crippen molar-refractivity contribution in [3.8, 4) is 17.6 Å². The lowest BCUT2D eigenvalue weighted by atomic mass is 10.0. The van der Waals surface area contributed by atoms with Crippen molar-refractivity contribution in [1.29, 1.82) is 5.26 Å². The minimum absolute atomic E-state index is 0.0381. The Morgan fingerprint density at radius 1 is 1.13 bits per heavy atom. The molecule has 3 aromatic carbocycles. The topological polar surface area (TPSA) is 85.4 Å². The van der Waals surface area contributed by atoms with Crippen molar-refractivity contribution < 1.29 is 14.4 Å². The van der Waals surface area contributed by atoms with Gasteiger partial charge >= 0.3 is 0 Å². The third-order valence-electron chi connectivity index (χ3n) is 4.38. The molecule has 0 amide bonds. The summed E-state index contributed by atoms with van der Waals surface area (Å²) in [6.07, 6.45) is 1.82. The van der Waals surface area contributed by atoms with Gasteiger partial charge in [-0.05, 0) is 76.5 Å². The Labute approximate surface area is 194 Å². The normalized spacial score (nSPS) is 10.9. The highest BCUT2D eigenvalue weighted by atomic mass is 127. The van der Waals surface area contributed by atoms with Crippen LogP contribution in [0.15, 0.2) is 66.7 Å². The van der Waals surface area contributed by atoms with Crippen LogP contribution in [0, 0.1) is 25.0 Å². The maximum Gasteiger partial charge on any atom is 0.269 e. The molecule has 3 aromatic rings. The second-order valence-electron chi connectivity index (χ2n) is 6.51. The van der Waals surface area contributed by atoms with E-state index in [9.17, 15) is 15.4 Å². The number of nitriles is 1. The van der Waals surface area contributed by atoms with E-state index in [1.807, 2.05) is 55.5 Å². The first-order valence-electron chi connectivity index (χ1n) is 9.51. The Morgan fingerprint density at radius 3 is 2.45 bits per heavy atom. The van der Waals surface area contributed by atoms with E-state index in [0.717, 1.165) is 20.3 Å². The van der Waals surface area contributed by atoms with E-state index >= 15 is 0 Å². The molecule has 6 nitrogen and oxygen atoms in total. The second-order valence-corrected chi connectivity index (χ2v) is 7.67. The number of nitro benzene ring substituents is 1. The van der Waals surface area contributed by atoms with Crippen LogP contribution >= 0.6 is 22.6 Å². The van der Waals surface area contributed by atoms with Gasteiger partial charge in [-0.15, -0.1) is 0 Å². The van der Waals surface area contributed by atoms with E-state index in [-0.39, 0.29) is 12.3 Å². The number of halogens is 1. The average molecular weight is 526 g/mol. The molecule has 0 spiro atoms. The zero-order valence-electron chi connectivity index (χ0n) is 16.7. The third-order valence-corrected chi connectivity index (χ3v) is 5.18. The summed E-state index contributed by atoms with van der Waals surface area (Å²) < 4.78 is 12.6. The monoisotopic (exact) mass is 526 g/mol. The summed E-state index contributed by atoms with van der Waals surface area (Å²) >= 11 is 2.18. The molecule has 0 aliphatic heterocycles. The summed E-state index contributed by atoms with van der Waals surface area (Å²) in [7, 11) is 0. The van der Waals surface area contributed by atoms with Gasteiger partial charge in [0.15, 0.2) is 11.5 Å². The molecule has 0 aliphatic carbocycles. The number of non-ortho nitro benzene ring substituents is 1. The molecule has 31 heavy (non-hydrogen) atoms. The Kier molecular flexibility index (Phi) is 7.62. The van der Waals surface area contributed by atoms with Crippen molar-refractivity contribution in [2.45, 2.75) is 13.5 Å². The number of hydrogen-bond acceptors (Lipinski definition) is 5. The molecule has 3 rings (SSSR count). The van der Waals surface area contributed by atoms with E-state index in [2.05, 4.69) is 28.7 Å². The number of nitro groups is 1. The van der Waals surface area contributed by atoms with E-state index in [4.69, 9.17) is 9.47 Å². The molecule has 156 valence electrons. The van der Waals surface area contributed by atoms with Crippen LogP contribution < -0.4 is 9.47 Å². The molecule has 0 fully saturated rings. The Bertz CT molecular complexity index is 1140. The summed E-state index contributed by atoms with van der Waals surface area (Å²) in [4.78, 5) is 10.4. The molecule has 0 aromatic heterocycles. The van der Waals surface area contributed by atoms with Crippen molar-refractivity contribution in [2.24, 2.45) is 0 Å². The predicted molar refractivity (Wildman–Crippen MR) is 128 cm³/mol. The van der Waals surface area contributed by atoms with Gasteiger partial charge in [0.05, 0.1) is 26.7 Å². The van der Waals surface area contributed by atoms with E-state index in [0.29, 0.717) is 23.7 Å². The molecule has 0 N–H and O–H groups in total. The van der Waals surface area contributed by atoms with Crippen LogP contribution in [-0.4, -0.2) is 11.5 Å². The molecule has 0 heterocycles. The second kappa shape index (κ2) is 10.6. The molecule has 0 aliphatic rings. The predicted octanol–water partition coefficient (Wildman–Crippen LogP) is 6.24. The zero-order valence-corrected chi connectivity index (χ0v) is 18.9. The Hall–Kier alpha value is -3.38. The SMILES string of the molecule is CCOc1cc(C=C(C#N)c2ccccc2)cc(I)c1OCc1ccc([N+](=O)[O-])cc1. The number of allylic oxidation sites excluding steroid dienone is 1. The number of nitrogens with zero attached hydrogens (tertiary/aromatic N) is 2. The first-order valence-corrected chi connectivity index (χ1v) is 10.6. The van der Waals surface area contributed by atoms with Crippen LogP contribution in [0.4, 0.5) is 5.69 Å². The molecule has 0 saturated heterocycles. The summed E-state index contributed by atoms with van der Waals surface area (Å²) in [5, 5.41) is 20.4. The molecule has 0 unspecified atom stereocenters. The van der Waals surface area contributed by atoms with Gasteiger partial charge < -0.3 is 9.47 Å². The van der Waals surface area contributed by atoms with Crippen molar-refractivity contribution in [2.75, 3.05) is 6.61 Å². The number of benzene rings is 3. The lowest BCUT2D eigenvalue weighted by molar-refractivity contribution is -0.384. The number of rotatable bonds is 8. The quantitative estimate of drug-likeness (QED) is 0.114. The molecule has 0 atom stereocenters. The van der Waals surface area contributed by atoms with E-state index in [1.165, 1.54) is 12.1 Å². The molecule has 0 radical (unpaired) electrons. The molecular weight excluding hydrogens is 507 g/mol. The molecule has 0 bridgehead atoms.